The van der Waals surface area contributed by atoms with Crippen LogP contribution in [0.4, 0.5) is 8.78 Å². The largest absolute Gasteiger partial charge is 0.204 e. The van der Waals surface area contributed by atoms with Gasteiger partial charge in [0.25, 0.3) is 0 Å². The van der Waals surface area contributed by atoms with Crippen molar-refractivity contribution in [1.82, 2.24) is 0 Å². The summed E-state index contributed by atoms with van der Waals surface area (Å²) in [5, 5.41) is 0. The number of hydrogen-bond acceptors (Lipinski definition) is 0. The fraction of sp³-hybridized carbons (Fsp3) is 0.667. The van der Waals surface area contributed by atoms with Crippen LogP contribution in [0.5, 0.6) is 0 Å². The molecule has 26 heavy (non-hydrogen) atoms. The minimum absolute atomic E-state index is 0.718. The van der Waals surface area contributed by atoms with Gasteiger partial charge in [-0.05, 0) is 106 Å². The van der Waals surface area contributed by atoms with Crippen LogP contribution in [0.2, 0.25) is 0 Å². The van der Waals surface area contributed by atoms with Crippen LogP contribution in [0.1, 0.15) is 76.7 Å². The molecule has 0 N–H and O–H groups in total. The van der Waals surface area contributed by atoms with E-state index in [1.54, 1.807) is 6.07 Å². The summed E-state index contributed by atoms with van der Waals surface area (Å²) in [6.45, 7) is 2.33. The molecule has 0 nitrogen and oxygen atoms in total. The summed E-state index contributed by atoms with van der Waals surface area (Å²) in [5.41, 5.74) is 0.925. The van der Waals surface area contributed by atoms with E-state index < -0.39 is 11.6 Å². The van der Waals surface area contributed by atoms with Crippen molar-refractivity contribution in [2.45, 2.75) is 77.6 Å². The van der Waals surface area contributed by atoms with Gasteiger partial charge in [0.15, 0.2) is 11.6 Å². The number of benzene rings is 1. The number of halogens is 2. The Bertz CT molecular complexity index is 576. The highest BCUT2D eigenvalue weighted by Crippen LogP contribution is 2.35. The molecule has 0 heterocycles. The van der Waals surface area contributed by atoms with E-state index >= 15 is 0 Å². The zero-order chi connectivity index (χ0) is 18.4. The molecule has 2 aliphatic carbocycles. The number of rotatable bonds is 6. The second-order valence-electron chi connectivity index (χ2n) is 8.64. The Labute approximate surface area is 158 Å². The van der Waals surface area contributed by atoms with Crippen molar-refractivity contribution >= 4 is 0 Å². The van der Waals surface area contributed by atoms with Crippen LogP contribution in [0, 0.1) is 35.3 Å². The molecule has 0 saturated heterocycles. The van der Waals surface area contributed by atoms with Crippen molar-refractivity contribution in [2.75, 3.05) is 0 Å². The summed E-state index contributed by atoms with van der Waals surface area (Å²) < 4.78 is 26.3. The van der Waals surface area contributed by atoms with Crippen molar-refractivity contribution in [3.05, 3.63) is 47.5 Å². The average Bonchev–Trinajstić information content (AvgIpc) is 2.68. The van der Waals surface area contributed by atoms with Crippen LogP contribution in [-0.4, -0.2) is 0 Å². The molecule has 2 saturated carbocycles. The molecular formula is C24H34F2. The van der Waals surface area contributed by atoms with Gasteiger partial charge in [-0.1, -0.05) is 31.6 Å². The van der Waals surface area contributed by atoms with Gasteiger partial charge >= 0.3 is 0 Å². The molecule has 144 valence electrons. The Hall–Kier alpha value is -1.18. The van der Waals surface area contributed by atoms with Crippen LogP contribution >= 0.6 is 0 Å². The maximum absolute atomic E-state index is 13.3. The second-order valence-corrected chi connectivity index (χ2v) is 8.64. The number of aryl methyl sites for hydroxylation is 1. The van der Waals surface area contributed by atoms with Crippen LogP contribution in [0.15, 0.2) is 30.4 Å². The van der Waals surface area contributed by atoms with Gasteiger partial charge in [-0.15, -0.1) is 0 Å². The van der Waals surface area contributed by atoms with Gasteiger partial charge < -0.3 is 0 Å². The first-order valence-electron chi connectivity index (χ1n) is 10.8. The number of allylic oxidation sites excluding steroid dienone is 2. The molecule has 2 fully saturated rings. The van der Waals surface area contributed by atoms with E-state index in [1.807, 2.05) is 0 Å². The highest BCUT2D eigenvalue weighted by molar-refractivity contribution is 5.17. The smallest absolute Gasteiger partial charge is 0.159 e. The van der Waals surface area contributed by atoms with E-state index in [-0.39, 0.29) is 0 Å². The molecule has 2 aliphatic rings. The first-order valence-corrected chi connectivity index (χ1v) is 10.8. The van der Waals surface area contributed by atoms with E-state index in [9.17, 15) is 8.78 Å². The topological polar surface area (TPSA) is 0 Å². The zero-order valence-corrected chi connectivity index (χ0v) is 16.2. The Morgan fingerprint density at radius 3 is 1.92 bits per heavy atom. The van der Waals surface area contributed by atoms with Crippen molar-refractivity contribution in [3.8, 4) is 0 Å². The fourth-order valence-corrected chi connectivity index (χ4v) is 4.84. The van der Waals surface area contributed by atoms with Crippen molar-refractivity contribution in [2.24, 2.45) is 23.7 Å². The summed E-state index contributed by atoms with van der Waals surface area (Å²) in [6.07, 6.45) is 19.1. The maximum atomic E-state index is 13.3. The Morgan fingerprint density at radius 2 is 1.38 bits per heavy atom. The summed E-state index contributed by atoms with van der Waals surface area (Å²) in [7, 11) is 0. The monoisotopic (exact) mass is 360 g/mol. The van der Waals surface area contributed by atoms with Gasteiger partial charge in [0.2, 0.25) is 0 Å². The van der Waals surface area contributed by atoms with Gasteiger partial charge in [0.05, 0.1) is 0 Å². The van der Waals surface area contributed by atoms with Crippen molar-refractivity contribution in [1.29, 1.82) is 0 Å². The lowest BCUT2D eigenvalue weighted by molar-refractivity contribution is 0.289. The number of hydrogen-bond donors (Lipinski definition) is 0. The van der Waals surface area contributed by atoms with Gasteiger partial charge in [-0.2, -0.15) is 0 Å². The molecular weight excluding hydrogens is 326 g/mol. The lowest BCUT2D eigenvalue weighted by atomic mass is 9.77. The van der Waals surface area contributed by atoms with Crippen LogP contribution in [0.25, 0.3) is 0 Å². The molecule has 0 amide bonds. The average molecular weight is 361 g/mol. The molecule has 1 aromatic carbocycles. The molecule has 0 atom stereocenters. The molecule has 0 unspecified atom stereocenters. The molecule has 0 spiro atoms. The first kappa shape index (κ1) is 19.6. The van der Waals surface area contributed by atoms with Gasteiger partial charge in [-0.3, -0.25) is 0 Å². The van der Waals surface area contributed by atoms with E-state index in [1.165, 1.54) is 69.9 Å². The minimum Gasteiger partial charge on any atom is -0.204 e. The van der Waals surface area contributed by atoms with Crippen LogP contribution < -0.4 is 0 Å². The molecule has 3 rings (SSSR count). The standard InChI is InChI=1S/C24H34F2/c1-2-18-3-5-19(6-4-18)7-8-20-9-11-21(12-10-20)13-14-22-15-16-23(25)24(26)17-22/h7-8,15-21H,2-6,9-14H2,1H3/b8-7+. The van der Waals surface area contributed by atoms with Crippen LogP contribution in [0.3, 0.4) is 0 Å². The molecule has 1 aromatic rings. The Kier molecular flexibility index (Phi) is 7.28. The Morgan fingerprint density at radius 1 is 0.808 bits per heavy atom. The second kappa shape index (κ2) is 9.67. The molecule has 0 aliphatic heterocycles. The molecule has 0 radical (unpaired) electrons. The lowest BCUT2D eigenvalue weighted by Crippen LogP contribution is -2.15. The van der Waals surface area contributed by atoms with Crippen molar-refractivity contribution < 1.29 is 8.78 Å². The van der Waals surface area contributed by atoms with E-state index in [0.717, 1.165) is 42.1 Å². The van der Waals surface area contributed by atoms with Gasteiger partial charge in [0.1, 0.15) is 0 Å². The molecule has 0 aromatic heterocycles. The van der Waals surface area contributed by atoms with E-state index in [2.05, 4.69) is 19.1 Å². The summed E-state index contributed by atoms with van der Waals surface area (Å²) in [4.78, 5) is 0. The van der Waals surface area contributed by atoms with Gasteiger partial charge in [-0.25, -0.2) is 8.78 Å². The van der Waals surface area contributed by atoms with Crippen molar-refractivity contribution in [3.63, 3.8) is 0 Å². The van der Waals surface area contributed by atoms with E-state index in [0.29, 0.717) is 0 Å². The summed E-state index contributed by atoms with van der Waals surface area (Å²) >= 11 is 0. The third kappa shape index (κ3) is 5.66. The normalized spacial score (nSPS) is 30.0. The predicted octanol–water partition coefficient (Wildman–Crippen LogP) is 7.48. The quantitative estimate of drug-likeness (QED) is 0.461. The zero-order valence-electron chi connectivity index (χ0n) is 16.2. The lowest BCUT2D eigenvalue weighted by Gasteiger charge is -2.28. The SMILES string of the molecule is CCC1CCC(/C=C/C2CCC(CCc3ccc(F)c(F)c3)CC2)CC1. The van der Waals surface area contributed by atoms with Crippen LogP contribution in [-0.2, 0) is 6.42 Å². The highest BCUT2D eigenvalue weighted by atomic mass is 19.2. The predicted molar refractivity (Wildman–Crippen MR) is 105 cm³/mol. The highest BCUT2D eigenvalue weighted by Gasteiger charge is 2.21. The first-order chi connectivity index (χ1) is 12.6. The summed E-state index contributed by atoms with van der Waals surface area (Å²) in [6, 6.07) is 4.33. The van der Waals surface area contributed by atoms with E-state index in [4.69, 9.17) is 0 Å². The third-order valence-electron chi connectivity index (χ3n) is 6.84. The third-order valence-corrected chi connectivity index (χ3v) is 6.84. The molecule has 0 bridgehead atoms. The fourth-order valence-electron chi connectivity index (χ4n) is 4.84. The molecule has 2 heteroatoms. The summed E-state index contributed by atoms with van der Waals surface area (Å²) in [5.74, 6) is 1.84. The maximum Gasteiger partial charge on any atom is 0.159 e. The minimum atomic E-state index is -0.746. The Balaban J connectivity index is 1.36. The van der Waals surface area contributed by atoms with Gasteiger partial charge in [0, 0.05) is 0 Å².